The van der Waals surface area contributed by atoms with Crippen LogP contribution in [0.2, 0.25) is 0 Å². The number of benzene rings is 1. The predicted octanol–water partition coefficient (Wildman–Crippen LogP) is 2.28. The quantitative estimate of drug-likeness (QED) is 0.857. The summed E-state index contributed by atoms with van der Waals surface area (Å²) in [6.07, 6.45) is 0. The number of sulfonamides is 1. The minimum absolute atomic E-state index is 0.0810. The van der Waals surface area contributed by atoms with Gasteiger partial charge in [0.1, 0.15) is 16.3 Å². The molecule has 2 rings (SSSR count). The van der Waals surface area contributed by atoms with Crippen LogP contribution in [0.15, 0.2) is 31.8 Å². The molecular weight excluding hydrogens is 274 g/mol. The second-order valence-electron chi connectivity index (χ2n) is 4.18. The number of nitrogens with zero attached hydrogens (tertiary/aromatic N) is 2. The third-order valence-electron chi connectivity index (χ3n) is 2.12. The predicted molar refractivity (Wildman–Crippen MR) is 69.1 cm³/mol. The first kappa shape index (κ1) is 13.3. The van der Waals surface area contributed by atoms with E-state index >= 15 is 0 Å². The number of fused-ring (bicyclic) bond motifs is 1. The highest BCUT2D eigenvalue weighted by atomic mass is 32.2. The third kappa shape index (κ3) is 2.83. The van der Waals surface area contributed by atoms with Crippen LogP contribution in [0.25, 0.3) is 0 Å². The van der Waals surface area contributed by atoms with Gasteiger partial charge >= 0.3 is 0 Å². The van der Waals surface area contributed by atoms with Crippen molar-refractivity contribution in [2.24, 2.45) is 14.6 Å². The summed E-state index contributed by atoms with van der Waals surface area (Å²) in [7, 11) is -3.72. The maximum atomic E-state index is 12.0. The summed E-state index contributed by atoms with van der Waals surface area (Å²) < 4.78 is 32.0. The second-order valence-corrected chi connectivity index (χ2v) is 6.32. The molecule has 8 heteroatoms. The van der Waals surface area contributed by atoms with Crippen LogP contribution >= 0.6 is 0 Å². The smallest absolute Gasteiger partial charge is 0.264 e. The van der Waals surface area contributed by atoms with E-state index in [9.17, 15) is 8.42 Å². The Morgan fingerprint density at radius 1 is 1.39 bits per heavy atom. The van der Waals surface area contributed by atoms with Crippen LogP contribution in [0.3, 0.4) is 0 Å². The molecule has 0 radical (unpaired) electrons. The Bertz CT molecular complexity index is 619. The minimum atomic E-state index is -3.72. The van der Waals surface area contributed by atoms with Crippen molar-refractivity contribution in [3.05, 3.63) is 18.2 Å². The first-order chi connectivity index (χ1) is 8.50. The molecule has 1 aliphatic rings. The molecule has 18 heavy (non-hydrogen) atoms. The van der Waals surface area contributed by atoms with E-state index < -0.39 is 10.0 Å². The molecule has 0 aliphatic carbocycles. The van der Waals surface area contributed by atoms with E-state index in [-0.39, 0.29) is 10.8 Å². The molecule has 0 amide bonds. The van der Waals surface area contributed by atoms with E-state index in [4.69, 9.17) is 4.84 Å². The monoisotopic (exact) mass is 287 g/mol. The first-order valence-corrected chi connectivity index (χ1v) is 7.57. The minimum Gasteiger partial charge on any atom is -0.287 e. The first-order valence-electron chi connectivity index (χ1n) is 5.35. The van der Waals surface area contributed by atoms with Crippen molar-refractivity contribution in [1.82, 2.24) is 4.89 Å². The molecular formula is C10H13N3O3S2. The lowest BCUT2D eigenvalue weighted by Gasteiger charge is -2.10. The van der Waals surface area contributed by atoms with Gasteiger partial charge in [-0.05, 0) is 18.1 Å². The van der Waals surface area contributed by atoms with Crippen molar-refractivity contribution in [3.63, 3.8) is 0 Å². The number of hydrogen-bond acceptors (Lipinski definition) is 5. The van der Waals surface area contributed by atoms with Gasteiger partial charge in [-0.2, -0.15) is 8.73 Å². The molecule has 6 nitrogen and oxygen atoms in total. The number of nitrogens with one attached hydrogen (secondary N) is 1. The highest BCUT2D eigenvalue weighted by Gasteiger charge is 2.22. The van der Waals surface area contributed by atoms with Gasteiger partial charge in [0.2, 0.25) is 0 Å². The Balaban J connectivity index is 2.21. The molecule has 1 aromatic rings. The highest BCUT2D eigenvalue weighted by Crippen LogP contribution is 2.37. The summed E-state index contributed by atoms with van der Waals surface area (Å²) in [6, 6.07) is 4.82. The second kappa shape index (κ2) is 5.27. The van der Waals surface area contributed by atoms with Crippen molar-refractivity contribution in [1.29, 1.82) is 0 Å². The van der Waals surface area contributed by atoms with E-state index in [1.54, 1.807) is 12.1 Å². The zero-order valence-corrected chi connectivity index (χ0v) is 11.6. The summed E-state index contributed by atoms with van der Waals surface area (Å²) >= 11 is 0.979. The molecule has 1 aromatic carbocycles. The van der Waals surface area contributed by atoms with Crippen LogP contribution in [0, 0.1) is 5.92 Å². The maximum absolute atomic E-state index is 12.0. The van der Waals surface area contributed by atoms with Crippen molar-refractivity contribution < 1.29 is 13.3 Å². The zero-order chi connectivity index (χ0) is 13.2. The normalized spacial score (nSPS) is 13.7. The topological polar surface area (TPSA) is 80.1 Å². The average molecular weight is 287 g/mol. The van der Waals surface area contributed by atoms with Crippen molar-refractivity contribution >= 4 is 32.8 Å². The molecule has 0 spiro atoms. The summed E-state index contributed by atoms with van der Waals surface area (Å²) in [5, 5.41) is 0. The summed E-state index contributed by atoms with van der Waals surface area (Å²) in [5.41, 5.74) is 0.926. The SMILES string of the molecule is CC(C)CONS(=O)(=O)c1cccc2c1N=S=N2. The van der Waals surface area contributed by atoms with Gasteiger partial charge in [-0.15, -0.1) is 0 Å². The third-order valence-corrected chi connectivity index (χ3v) is 3.91. The Labute approximate surface area is 109 Å². The molecule has 0 saturated heterocycles. The van der Waals surface area contributed by atoms with Gasteiger partial charge in [0.25, 0.3) is 10.0 Å². The van der Waals surface area contributed by atoms with Gasteiger partial charge in [-0.1, -0.05) is 24.8 Å². The van der Waals surface area contributed by atoms with Crippen LogP contribution in [0.4, 0.5) is 11.4 Å². The maximum Gasteiger partial charge on any atom is 0.264 e. The van der Waals surface area contributed by atoms with Crippen molar-refractivity contribution in [2.75, 3.05) is 6.61 Å². The van der Waals surface area contributed by atoms with Gasteiger partial charge in [0, 0.05) is 0 Å². The van der Waals surface area contributed by atoms with E-state index in [0.717, 1.165) is 11.4 Å². The number of rotatable bonds is 5. The fourth-order valence-electron chi connectivity index (χ4n) is 1.32. The van der Waals surface area contributed by atoms with Gasteiger partial charge in [0.15, 0.2) is 0 Å². The largest absolute Gasteiger partial charge is 0.287 e. The Kier molecular flexibility index (Phi) is 3.91. The lowest BCUT2D eigenvalue weighted by atomic mass is 10.2. The van der Waals surface area contributed by atoms with E-state index in [2.05, 4.69) is 13.6 Å². The summed E-state index contributed by atoms with van der Waals surface area (Å²) in [6.45, 7) is 4.17. The van der Waals surface area contributed by atoms with Crippen molar-refractivity contribution in [3.8, 4) is 0 Å². The summed E-state index contributed by atoms with van der Waals surface area (Å²) in [5.74, 6) is 0.240. The van der Waals surface area contributed by atoms with Gasteiger partial charge in [-0.25, -0.2) is 8.42 Å². The van der Waals surface area contributed by atoms with Gasteiger partial charge in [-0.3, -0.25) is 4.84 Å². The summed E-state index contributed by atoms with van der Waals surface area (Å²) in [4.78, 5) is 7.14. The molecule has 98 valence electrons. The molecule has 0 unspecified atom stereocenters. The lowest BCUT2D eigenvalue weighted by Crippen LogP contribution is -2.25. The molecule has 0 fully saturated rings. The molecule has 1 N–H and O–H groups in total. The fourth-order valence-corrected chi connectivity index (χ4v) is 2.90. The van der Waals surface area contributed by atoms with E-state index in [1.807, 2.05) is 13.8 Å². The molecule has 0 saturated carbocycles. The van der Waals surface area contributed by atoms with Crippen LogP contribution in [-0.4, -0.2) is 15.0 Å². The zero-order valence-electron chi connectivity index (χ0n) is 9.95. The van der Waals surface area contributed by atoms with E-state index in [0.29, 0.717) is 18.0 Å². The molecule has 1 heterocycles. The van der Waals surface area contributed by atoms with Gasteiger partial charge < -0.3 is 0 Å². The molecule has 0 bridgehead atoms. The highest BCUT2D eigenvalue weighted by molar-refractivity contribution is 7.89. The van der Waals surface area contributed by atoms with Crippen LogP contribution in [0.1, 0.15) is 13.8 Å². The molecule has 0 atom stereocenters. The number of hydrogen-bond donors (Lipinski definition) is 1. The Morgan fingerprint density at radius 2 is 2.17 bits per heavy atom. The van der Waals surface area contributed by atoms with Crippen LogP contribution in [-0.2, 0) is 26.2 Å². The Morgan fingerprint density at radius 3 is 2.89 bits per heavy atom. The molecule has 0 aromatic heterocycles. The standard InChI is InChI=1S/C10H13N3O3S2/c1-7(2)6-16-13-18(14,15)9-5-3-4-8-10(9)12-17-11-8/h3-5,7,13H,6H2,1-2H3. The van der Waals surface area contributed by atoms with Crippen LogP contribution < -0.4 is 4.89 Å². The molecule has 1 aliphatic heterocycles. The fraction of sp³-hybridized carbons (Fsp3) is 0.400. The average Bonchev–Trinajstić information content (AvgIpc) is 2.75. The van der Waals surface area contributed by atoms with E-state index in [1.165, 1.54) is 6.07 Å². The van der Waals surface area contributed by atoms with Crippen LogP contribution in [0.5, 0.6) is 0 Å². The van der Waals surface area contributed by atoms with Gasteiger partial charge in [0.05, 0.1) is 18.0 Å². The van der Waals surface area contributed by atoms with Crippen molar-refractivity contribution in [2.45, 2.75) is 18.7 Å². The lowest BCUT2D eigenvalue weighted by molar-refractivity contribution is 0.0719. The Hall–Kier alpha value is -1.09.